The number of benzene rings is 2. The summed E-state index contributed by atoms with van der Waals surface area (Å²) in [6.45, 7) is 6.35. The van der Waals surface area contributed by atoms with Crippen LogP contribution in [-0.2, 0) is 6.54 Å². The molecule has 2 aromatic carbocycles. The lowest BCUT2D eigenvalue weighted by molar-refractivity contribution is 0.0945. The fourth-order valence-corrected chi connectivity index (χ4v) is 2.78. The van der Waals surface area contributed by atoms with Crippen LogP contribution in [0.4, 0.5) is 5.82 Å². The molecule has 0 radical (unpaired) electrons. The number of hydrogen-bond donors (Lipinski definition) is 2. The van der Waals surface area contributed by atoms with E-state index in [1.807, 2.05) is 49.4 Å². The molecule has 0 spiro atoms. The van der Waals surface area contributed by atoms with Gasteiger partial charge in [-0.2, -0.15) is 0 Å². The molecule has 3 rings (SSSR count). The minimum Gasteiger partial charge on any atom is -0.363 e. The molecule has 1 aromatic heterocycles. The molecule has 1 unspecified atom stereocenters. The fourth-order valence-electron chi connectivity index (χ4n) is 2.78. The van der Waals surface area contributed by atoms with Gasteiger partial charge in [-0.05, 0) is 31.9 Å². The Morgan fingerprint density at radius 3 is 2.41 bits per heavy atom. The first-order valence-corrected chi connectivity index (χ1v) is 9.02. The van der Waals surface area contributed by atoms with E-state index in [0.29, 0.717) is 23.9 Å². The van der Waals surface area contributed by atoms with Gasteiger partial charge < -0.3 is 10.6 Å². The zero-order valence-electron chi connectivity index (χ0n) is 15.9. The monoisotopic (exact) mass is 360 g/mol. The van der Waals surface area contributed by atoms with Gasteiger partial charge in [-0.15, -0.1) is 0 Å². The van der Waals surface area contributed by atoms with E-state index >= 15 is 0 Å². The van der Waals surface area contributed by atoms with Crippen LogP contribution in [0.25, 0.3) is 0 Å². The molecular weight excluding hydrogens is 336 g/mol. The van der Waals surface area contributed by atoms with Gasteiger partial charge in [0.15, 0.2) is 0 Å². The van der Waals surface area contributed by atoms with Gasteiger partial charge in [0, 0.05) is 18.7 Å². The Bertz CT molecular complexity index is 907. The summed E-state index contributed by atoms with van der Waals surface area (Å²) < 4.78 is 0. The van der Waals surface area contributed by atoms with Crippen molar-refractivity contribution in [2.24, 2.45) is 0 Å². The van der Waals surface area contributed by atoms with E-state index in [9.17, 15) is 4.79 Å². The van der Waals surface area contributed by atoms with Gasteiger partial charge >= 0.3 is 0 Å². The molecule has 0 saturated carbocycles. The second-order valence-corrected chi connectivity index (χ2v) is 6.63. The Balaban J connectivity index is 1.68. The Kier molecular flexibility index (Phi) is 5.81. The summed E-state index contributed by atoms with van der Waals surface area (Å²) in [6.07, 6.45) is 0. The normalized spacial score (nSPS) is 11.7. The number of amides is 1. The van der Waals surface area contributed by atoms with Crippen LogP contribution in [0.1, 0.15) is 46.0 Å². The molecule has 0 fully saturated rings. The summed E-state index contributed by atoms with van der Waals surface area (Å²) in [4.78, 5) is 21.2. The second kappa shape index (κ2) is 8.45. The Labute approximate surface area is 159 Å². The molecule has 0 aliphatic carbocycles. The standard InChI is InChI=1S/C22H24N4O/c1-15-9-11-18(12-10-15)14-23-22(27)20-13-21(26-17(3)25-20)24-16(2)19-7-5-4-6-8-19/h4-13,16H,14H2,1-3H3,(H,23,27)(H,24,25,26). The molecule has 3 aromatic rings. The maximum absolute atomic E-state index is 12.5. The molecule has 0 bridgehead atoms. The molecule has 27 heavy (non-hydrogen) atoms. The van der Waals surface area contributed by atoms with Crippen LogP contribution in [0.5, 0.6) is 0 Å². The van der Waals surface area contributed by atoms with E-state index in [1.165, 1.54) is 5.56 Å². The summed E-state index contributed by atoms with van der Waals surface area (Å²) in [5, 5.41) is 6.26. The average molecular weight is 360 g/mol. The number of aromatic nitrogens is 2. The topological polar surface area (TPSA) is 66.9 Å². The Morgan fingerprint density at radius 1 is 1.00 bits per heavy atom. The summed E-state index contributed by atoms with van der Waals surface area (Å²) in [7, 11) is 0. The first-order chi connectivity index (χ1) is 13.0. The van der Waals surface area contributed by atoms with Gasteiger partial charge in [0.25, 0.3) is 5.91 Å². The number of nitrogens with zero attached hydrogens (tertiary/aromatic N) is 2. The van der Waals surface area contributed by atoms with Crippen molar-refractivity contribution in [3.05, 3.63) is 88.9 Å². The number of carbonyl (C=O) groups is 1. The van der Waals surface area contributed by atoms with Gasteiger partial charge in [0.05, 0.1) is 0 Å². The first kappa shape index (κ1) is 18.6. The van der Waals surface area contributed by atoms with Crippen molar-refractivity contribution >= 4 is 11.7 Å². The molecule has 0 aliphatic heterocycles. The zero-order valence-corrected chi connectivity index (χ0v) is 15.9. The summed E-state index contributed by atoms with van der Waals surface area (Å²) >= 11 is 0. The van der Waals surface area contributed by atoms with Crippen molar-refractivity contribution in [2.75, 3.05) is 5.32 Å². The quantitative estimate of drug-likeness (QED) is 0.691. The predicted molar refractivity (Wildman–Crippen MR) is 108 cm³/mol. The van der Waals surface area contributed by atoms with Crippen LogP contribution in [0.2, 0.25) is 0 Å². The Hall–Kier alpha value is -3.21. The number of nitrogens with one attached hydrogen (secondary N) is 2. The zero-order chi connectivity index (χ0) is 19.2. The van der Waals surface area contributed by atoms with Crippen molar-refractivity contribution in [3.63, 3.8) is 0 Å². The number of anilines is 1. The van der Waals surface area contributed by atoms with Crippen LogP contribution in [0.15, 0.2) is 60.7 Å². The molecule has 0 saturated heterocycles. The maximum Gasteiger partial charge on any atom is 0.270 e. The number of aryl methyl sites for hydroxylation is 2. The molecule has 1 amide bonds. The van der Waals surface area contributed by atoms with Crippen molar-refractivity contribution in [1.29, 1.82) is 0 Å². The van der Waals surface area contributed by atoms with Gasteiger partial charge in [0.2, 0.25) is 0 Å². The van der Waals surface area contributed by atoms with Crippen molar-refractivity contribution in [1.82, 2.24) is 15.3 Å². The highest BCUT2D eigenvalue weighted by molar-refractivity contribution is 5.92. The summed E-state index contributed by atoms with van der Waals surface area (Å²) in [5.74, 6) is 0.983. The lowest BCUT2D eigenvalue weighted by Crippen LogP contribution is -2.24. The fraction of sp³-hybridized carbons (Fsp3) is 0.227. The Morgan fingerprint density at radius 2 is 1.70 bits per heavy atom. The minimum atomic E-state index is -0.212. The van der Waals surface area contributed by atoms with Gasteiger partial charge in [0.1, 0.15) is 17.3 Å². The number of carbonyl (C=O) groups excluding carboxylic acids is 1. The third kappa shape index (κ3) is 5.14. The average Bonchev–Trinajstić information content (AvgIpc) is 2.67. The molecule has 2 N–H and O–H groups in total. The van der Waals surface area contributed by atoms with E-state index in [4.69, 9.17) is 0 Å². The smallest absolute Gasteiger partial charge is 0.270 e. The van der Waals surface area contributed by atoms with Crippen LogP contribution in [-0.4, -0.2) is 15.9 Å². The van der Waals surface area contributed by atoms with E-state index in [-0.39, 0.29) is 11.9 Å². The second-order valence-electron chi connectivity index (χ2n) is 6.63. The van der Waals surface area contributed by atoms with E-state index < -0.39 is 0 Å². The summed E-state index contributed by atoms with van der Waals surface area (Å²) in [5.41, 5.74) is 3.76. The third-order valence-corrected chi connectivity index (χ3v) is 4.31. The van der Waals surface area contributed by atoms with Crippen molar-refractivity contribution in [2.45, 2.75) is 33.4 Å². The van der Waals surface area contributed by atoms with Crippen LogP contribution >= 0.6 is 0 Å². The molecule has 138 valence electrons. The molecule has 1 heterocycles. The highest BCUT2D eigenvalue weighted by Gasteiger charge is 2.12. The highest BCUT2D eigenvalue weighted by Crippen LogP contribution is 2.18. The van der Waals surface area contributed by atoms with Crippen LogP contribution < -0.4 is 10.6 Å². The van der Waals surface area contributed by atoms with Crippen molar-refractivity contribution < 1.29 is 4.79 Å². The molecule has 5 heteroatoms. The van der Waals surface area contributed by atoms with Gasteiger partial charge in [-0.3, -0.25) is 4.79 Å². The molecule has 1 atom stereocenters. The van der Waals surface area contributed by atoms with Gasteiger partial charge in [-0.1, -0.05) is 60.2 Å². The van der Waals surface area contributed by atoms with E-state index in [0.717, 1.165) is 11.1 Å². The minimum absolute atomic E-state index is 0.0731. The van der Waals surface area contributed by atoms with Crippen molar-refractivity contribution in [3.8, 4) is 0 Å². The van der Waals surface area contributed by atoms with E-state index in [1.54, 1.807) is 13.0 Å². The lowest BCUT2D eigenvalue weighted by atomic mass is 10.1. The van der Waals surface area contributed by atoms with Gasteiger partial charge in [-0.25, -0.2) is 9.97 Å². The molecular formula is C22H24N4O. The van der Waals surface area contributed by atoms with Crippen LogP contribution in [0, 0.1) is 13.8 Å². The maximum atomic E-state index is 12.5. The first-order valence-electron chi connectivity index (χ1n) is 9.02. The van der Waals surface area contributed by atoms with Crippen LogP contribution in [0.3, 0.4) is 0 Å². The van der Waals surface area contributed by atoms with E-state index in [2.05, 4.69) is 39.7 Å². The number of rotatable bonds is 6. The number of hydrogen-bond acceptors (Lipinski definition) is 4. The highest BCUT2D eigenvalue weighted by atomic mass is 16.1. The summed E-state index contributed by atoms with van der Waals surface area (Å²) in [6, 6.07) is 20.0. The largest absolute Gasteiger partial charge is 0.363 e. The SMILES string of the molecule is Cc1ccc(CNC(=O)c2cc(NC(C)c3ccccc3)nc(C)n2)cc1. The lowest BCUT2D eigenvalue weighted by Gasteiger charge is -2.16. The molecule has 5 nitrogen and oxygen atoms in total. The molecule has 0 aliphatic rings. The predicted octanol–water partition coefficient (Wildman–Crippen LogP) is 4.20. The third-order valence-electron chi connectivity index (χ3n) is 4.31.